The maximum Gasteiger partial charge on any atom is 0.129 e. The zero-order valence-electron chi connectivity index (χ0n) is 11.5. The van der Waals surface area contributed by atoms with Crippen molar-refractivity contribution in [2.45, 2.75) is 51.5 Å². The molecule has 1 nitrogen and oxygen atoms in total. The normalized spacial score (nSPS) is 25.3. The molecule has 3 heteroatoms. The zero-order valence-corrected chi connectivity index (χ0v) is 11.5. The van der Waals surface area contributed by atoms with Gasteiger partial charge in [0.05, 0.1) is 0 Å². The van der Waals surface area contributed by atoms with Crippen molar-refractivity contribution in [1.29, 1.82) is 0 Å². The average molecular weight is 267 g/mol. The molecule has 0 amide bonds. The first-order valence-electron chi connectivity index (χ1n) is 7.31. The van der Waals surface area contributed by atoms with Crippen molar-refractivity contribution in [3.05, 3.63) is 35.4 Å². The molecule has 106 valence electrons. The first-order chi connectivity index (χ1) is 9.11. The smallest absolute Gasteiger partial charge is 0.129 e. The van der Waals surface area contributed by atoms with Crippen LogP contribution in [0.2, 0.25) is 0 Å². The molecule has 0 spiro atoms. The molecule has 0 saturated heterocycles. The van der Waals surface area contributed by atoms with E-state index in [0.717, 1.165) is 18.9 Å². The van der Waals surface area contributed by atoms with E-state index in [-0.39, 0.29) is 6.04 Å². The van der Waals surface area contributed by atoms with Gasteiger partial charge in [-0.05, 0) is 36.3 Å². The van der Waals surface area contributed by atoms with E-state index in [1.54, 1.807) is 0 Å². The fourth-order valence-electron chi connectivity index (χ4n) is 3.40. The number of nitrogens with two attached hydrogens (primary N) is 1. The summed E-state index contributed by atoms with van der Waals surface area (Å²) in [6.45, 7) is 2.20. The van der Waals surface area contributed by atoms with Gasteiger partial charge in [-0.2, -0.15) is 0 Å². The minimum Gasteiger partial charge on any atom is -0.327 e. The Bertz CT molecular complexity index is 419. The van der Waals surface area contributed by atoms with Crippen LogP contribution in [0, 0.1) is 23.5 Å². The number of hydrogen-bond donors (Lipinski definition) is 1. The molecule has 0 aromatic heterocycles. The maximum absolute atomic E-state index is 13.7. The highest BCUT2D eigenvalue weighted by molar-refractivity contribution is 5.19. The predicted molar refractivity (Wildman–Crippen MR) is 73.8 cm³/mol. The van der Waals surface area contributed by atoms with Crippen molar-refractivity contribution in [3.8, 4) is 0 Å². The van der Waals surface area contributed by atoms with Crippen molar-refractivity contribution >= 4 is 0 Å². The van der Waals surface area contributed by atoms with Crippen LogP contribution in [0.25, 0.3) is 0 Å². The van der Waals surface area contributed by atoms with Gasteiger partial charge < -0.3 is 5.73 Å². The number of hydrogen-bond acceptors (Lipinski definition) is 1. The van der Waals surface area contributed by atoms with Crippen LogP contribution in [0.1, 0.15) is 44.6 Å². The summed E-state index contributed by atoms with van der Waals surface area (Å²) < 4.78 is 26.5. The highest BCUT2D eigenvalue weighted by Crippen LogP contribution is 2.34. The van der Waals surface area contributed by atoms with E-state index in [0.29, 0.717) is 23.8 Å². The van der Waals surface area contributed by atoms with Gasteiger partial charge in [0.2, 0.25) is 0 Å². The Hall–Kier alpha value is -0.960. The number of benzene rings is 1. The van der Waals surface area contributed by atoms with Gasteiger partial charge in [-0.25, -0.2) is 8.78 Å². The van der Waals surface area contributed by atoms with Crippen LogP contribution in [0.5, 0.6) is 0 Å². The van der Waals surface area contributed by atoms with Crippen LogP contribution >= 0.6 is 0 Å². The van der Waals surface area contributed by atoms with Crippen molar-refractivity contribution in [3.63, 3.8) is 0 Å². The Morgan fingerprint density at radius 2 is 2.00 bits per heavy atom. The molecule has 0 radical (unpaired) electrons. The summed E-state index contributed by atoms with van der Waals surface area (Å²) in [4.78, 5) is 0. The fraction of sp³-hybridized carbons (Fsp3) is 0.625. The molecule has 19 heavy (non-hydrogen) atoms. The summed E-state index contributed by atoms with van der Waals surface area (Å²) >= 11 is 0. The highest BCUT2D eigenvalue weighted by atomic mass is 19.1. The Morgan fingerprint density at radius 3 is 2.68 bits per heavy atom. The summed E-state index contributed by atoms with van der Waals surface area (Å²) in [6, 6.07) is 3.75. The molecule has 2 N–H and O–H groups in total. The minimum absolute atomic E-state index is 0.0230. The number of rotatable bonds is 4. The molecule has 1 fully saturated rings. The van der Waals surface area contributed by atoms with Gasteiger partial charge >= 0.3 is 0 Å². The van der Waals surface area contributed by atoms with Gasteiger partial charge in [-0.1, -0.05) is 38.7 Å². The second-order valence-electron chi connectivity index (χ2n) is 5.72. The van der Waals surface area contributed by atoms with Gasteiger partial charge in [0, 0.05) is 12.1 Å². The summed E-state index contributed by atoms with van der Waals surface area (Å²) in [5.74, 6) is 0.133. The molecule has 1 aromatic rings. The predicted octanol–water partition coefficient (Wildman–Crippen LogP) is 4.05. The fourth-order valence-corrected chi connectivity index (χ4v) is 3.40. The molecule has 0 aliphatic heterocycles. The van der Waals surface area contributed by atoms with E-state index in [4.69, 9.17) is 5.73 Å². The molecule has 1 aromatic carbocycles. The lowest BCUT2D eigenvalue weighted by Crippen LogP contribution is -2.38. The second-order valence-corrected chi connectivity index (χ2v) is 5.72. The molecule has 1 aliphatic rings. The van der Waals surface area contributed by atoms with Crippen LogP contribution in [-0.4, -0.2) is 6.04 Å². The quantitative estimate of drug-likeness (QED) is 0.875. The van der Waals surface area contributed by atoms with Crippen molar-refractivity contribution < 1.29 is 8.78 Å². The molecule has 1 saturated carbocycles. The molecule has 0 heterocycles. The SMILES string of the molecule is CCC1CCCCC1C(N)Cc1ccc(F)cc1F. The molecule has 1 aliphatic carbocycles. The van der Waals surface area contributed by atoms with Crippen molar-refractivity contribution in [2.24, 2.45) is 17.6 Å². The molecule has 2 rings (SSSR count). The Morgan fingerprint density at radius 1 is 1.26 bits per heavy atom. The monoisotopic (exact) mass is 267 g/mol. The number of halogens is 2. The molecular formula is C16H23F2N. The standard InChI is InChI=1S/C16H23F2N/c1-2-11-5-3-4-6-14(11)16(19)9-12-7-8-13(17)10-15(12)18/h7-8,10-11,14,16H,2-6,9,19H2,1H3. The van der Waals surface area contributed by atoms with Crippen molar-refractivity contribution in [1.82, 2.24) is 0 Å². The molecule has 3 atom stereocenters. The van der Waals surface area contributed by atoms with Gasteiger partial charge in [-0.15, -0.1) is 0 Å². The van der Waals surface area contributed by atoms with E-state index in [9.17, 15) is 8.78 Å². The lowest BCUT2D eigenvalue weighted by molar-refractivity contribution is 0.194. The third-order valence-corrected chi connectivity index (χ3v) is 4.51. The largest absolute Gasteiger partial charge is 0.327 e. The summed E-state index contributed by atoms with van der Waals surface area (Å²) in [7, 11) is 0. The minimum atomic E-state index is -0.529. The molecule has 0 bridgehead atoms. The van der Waals surface area contributed by atoms with E-state index in [2.05, 4.69) is 6.92 Å². The third-order valence-electron chi connectivity index (χ3n) is 4.51. The maximum atomic E-state index is 13.7. The topological polar surface area (TPSA) is 26.0 Å². The van der Waals surface area contributed by atoms with Crippen LogP contribution < -0.4 is 5.73 Å². The van der Waals surface area contributed by atoms with Gasteiger partial charge in [0.15, 0.2) is 0 Å². The van der Waals surface area contributed by atoms with Gasteiger partial charge in [-0.3, -0.25) is 0 Å². The Labute approximate surface area is 114 Å². The van der Waals surface area contributed by atoms with E-state index in [1.165, 1.54) is 31.4 Å². The molecule has 3 unspecified atom stereocenters. The van der Waals surface area contributed by atoms with Crippen molar-refractivity contribution in [2.75, 3.05) is 0 Å². The van der Waals surface area contributed by atoms with Gasteiger partial charge in [0.25, 0.3) is 0 Å². The first kappa shape index (κ1) is 14.4. The molecular weight excluding hydrogens is 244 g/mol. The van der Waals surface area contributed by atoms with Crippen LogP contribution in [0.3, 0.4) is 0 Å². The summed E-state index contributed by atoms with van der Waals surface area (Å²) in [5, 5.41) is 0. The van der Waals surface area contributed by atoms with Crippen LogP contribution in [-0.2, 0) is 6.42 Å². The summed E-state index contributed by atoms with van der Waals surface area (Å²) in [6.07, 6.45) is 6.54. The zero-order chi connectivity index (χ0) is 13.8. The lowest BCUT2D eigenvalue weighted by atomic mass is 9.73. The van der Waals surface area contributed by atoms with Crippen LogP contribution in [0.15, 0.2) is 18.2 Å². The van der Waals surface area contributed by atoms with E-state index < -0.39 is 11.6 Å². The average Bonchev–Trinajstić information content (AvgIpc) is 2.41. The summed E-state index contributed by atoms with van der Waals surface area (Å²) in [5.41, 5.74) is 6.83. The first-order valence-corrected chi connectivity index (χ1v) is 7.31. The second kappa shape index (κ2) is 6.47. The lowest BCUT2D eigenvalue weighted by Gasteiger charge is -2.35. The van der Waals surface area contributed by atoms with E-state index >= 15 is 0 Å². The Balaban J connectivity index is 2.04. The van der Waals surface area contributed by atoms with Crippen LogP contribution in [0.4, 0.5) is 8.78 Å². The highest BCUT2D eigenvalue weighted by Gasteiger charge is 2.29. The van der Waals surface area contributed by atoms with Gasteiger partial charge in [0.1, 0.15) is 11.6 Å². The van der Waals surface area contributed by atoms with E-state index in [1.807, 2.05) is 0 Å². The Kier molecular flexibility index (Phi) is 4.92. The third kappa shape index (κ3) is 3.53.